The Morgan fingerprint density at radius 3 is 2.30 bits per heavy atom. The molecule has 1 saturated heterocycles. The maximum Gasteiger partial charge on any atom is 0.500 e. The van der Waals surface area contributed by atoms with Crippen LogP contribution >= 0.6 is 0 Å². The van der Waals surface area contributed by atoms with Crippen LogP contribution in [0.25, 0.3) is 11.1 Å². The predicted molar refractivity (Wildman–Crippen MR) is 182 cm³/mol. The van der Waals surface area contributed by atoms with Gasteiger partial charge in [0.15, 0.2) is 5.92 Å². The number of nitrogens with one attached hydrogen (secondary N) is 3. The molecule has 3 heterocycles. The summed E-state index contributed by atoms with van der Waals surface area (Å²) in [4.78, 5) is 63.5. The van der Waals surface area contributed by atoms with Gasteiger partial charge in [0.1, 0.15) is 18.2 Å². The Labute approximate surface area is 276 Å². The first-order valence-electron chi connectivity index (χ1n) is 16.8. The number of hydrogen-bond donors (Lipinski definition) is 4. The first-order chi connectivity index (χ1) is 22.5. The Balaban J connectivity index is 1.35. The standard InChI is InChI=1S/C35H46N8O4/c1-21(2)33(45)41-16-14-24(15-17-41)29-18-27(30(40-29)31(37)38-20-36)23-10-12-25(13-11-23)39-32(44)28-19-42(22(3)4)35(47)43(34(28)46)26-8-6-5-7-9-26/h10-13,18-22,24,26,28H,5-9,14-17H2,1-4H3,(H4-,36,37,38,39,40,44)/p+1. The summed E-state index contributed by atoms with van der Waals surface area (Å²) in [6, 6.07) is 8.56. The molecule has 2 aliphatic heterocycles. The zero-order valence-corrected chi connectivity index (χ0v) is 27.8. The van der Waals surface area contributed by atoms with Gasteiger partial charge in [-0.15, -0.1) is 0 Å². The minimum atomic E-state index is -1.12. The van der Waals surface area contributed by atoms with Crippen LogP contribution in [0.5, 0.6) is 0 Å². The number of amidine groups is 1. The zero-order valence-electron chi connectivity index (χ0n) is 27.8. The molecule has 2 fully saturated rings. The molecular formula is C35H47N8O4+. The Kier molecular flexibility index (Phi) is 10.4. The second-order valence-electron chi connectivity index (χ2n) is 13.4. The minimum absolute atomic E-state index is 0.0309. The maximum atomic E-state index is 13.6. The van der Waals surface area contributed by atoms with E-state index in [4.69, 9.17) is 11.1 Å². The topological polar surface area (TPSA) is 168 Å². The number of aromatic amines is 1. The summed E-state index contributed by atoms with van der Waals surface area (Å²) in [5.41, 5.74) is 10.0. The summed E-state index contributed by atoms with van der Waals surface area (Å²) in [6.45, 7) is 8.95. The van der Waals surface area contributed by atoms with Crippen LogP contribution in [0.15, 0.2) is 35.3 Å². The van der Waals surface area contributed by atoms with E-state index in [0.29, 0.717) is 24.5 Å². The summed E-state index contributed by atoms with van der Waals surface area (Å²) in [5.74, 6) is -1.55. The highest BCUT2D eigenvalue weighted by molar-refractivity contribution is 6.20. The number of carbonyl (C=O) groups excluding carboxylic acids is 4. The van der Waals surface area contributed by atoms with Crippen LogP contribution < -0.4 is 11.1 Å². The summed E-state index contributed by atoms with van der Waals surface area (Å²) in [5, 5.41) is 10.3. The number of piperidine rings is 1. The molecule has 1 unspecified atom stereocenters. The van der Waals surface area contributed by atoms with E-state index in [1.807, 2.05) is 50.8 Å². The number of urea groups is 1. The third kappa shape index (κ3) is 7.21. The van der Waals surface area contributed by atoms with Gasteiger partial charge < -0.3 is 20.9 Å². The largest absolute Gasteiger partial charge is 0.500 e. The molecule has 5 rings (SSSR count). The molecule has 1 saturated carbocycles. The SMILES string of the molecule is CC(C)C(=O)N1CCC(c2cc(-c3ccc(NC(=O)C4C=[N+](C(C)C)C(=O)N(C5CCCCC5)C4=O)cc3)c(C(N)=NC=N)[nH]2)CC1. The van der Waals surface area contributed by atoms with Gasteiger partial charge in [0.2, 0.25) is 11.8 Å². The molecule has 1 aliphatic carbocycles. The molecule has 5 N–H and O–H groups in total. The number of nitrogens with zero attached hydrogens (tertiary/aromatic N) is 4. The van der Waals surface area contributed by atoms with Gasteiger partial charge in [-0.25, -0.2) is 9.79 Å². The van der Waals surface area contributed by atoms with Crippen LogP contribution in [0.2, 0.25) is 0 Å². The molecule has 0 radical (unpaired) electrons. The highest BCUT2D eigenvalue weighted by Crippen LogP contribution is 2.34. The molecule has 250 valence electrons. The number of carbonyl (C=O) groups is 4. The number of amides is 5. The number of nitrogens with two attached hydrogens (primary N) is 1. The van der Waals surface area contributed by atoms with E-state index in [-0.39, 0.29) is 41.7 Å². The number of hydrogen-bond acceptors (Lipinski definition) is 5. The average molecular weight is 644 g/mol. The van der Waals surface area contributed by atoms with Crippen molar-refractivity contribution in [3.8, 4) is 11.1 Å². The lowest BCUT2D eigenvalue weighted by molar-refractivity contribution is -0.470. The number of benzene rings is 1. The first kappa shape index (κ1) is 33.7. The number of aliphatic imine (C=N–C) groups is 1. The Bertz CT molecular complexity index is 1570. The fourth-order valence-corrected chi connectivity index (χ4v) is 6.89. The Morgan fingerprint density at radius 2 is 1.70 bits per heavy atom. The van der Waals surface area contributed by atoms with Gasteiger partial charge in [-0.05, 0) is 76.1 Å². The van der Waals surface area contributed by atoms with Crippen molar-refractivity contribution < 1.29 is 23.8 Å². The summed E-state index contributed by atoms with van der Waals surface area (Å²) < 4.78 is 1.50. The van der Waals surface area contributed by atoms with Crippen LogP contribution in [0.4, 0.5) is 10.5 Å². The molecule has 12 nitrogen and oxygen atoms in total. The third-order valence-corrected chi connectivity index (χ3v) is 9.52. The van der Waals surface area contributed by atoms with Crippen LogP contribution in [0.1, 0.15) is 89.9 Å². The second kappa shape index (κ2) is 14.4. The highest BCUT2D eigenvalue weighted by Gasteiger charge is 2.50. The monoisotopic (exact) mass is 643 g/mol. The van der Waals surface area contributed by atoms with Gasteiger partial charge in [0, 0.05) is 41.9 Å². The van der Waals surface area contributed by atoms with Crippen molar-refractivity contribution in [3.05, 3.63) is 41.7 Å². The molecule has 47 heavy (non-hydrogen) atoms. The van der Waals surface area contributed by atoms with Gasteiger partial charge in [-0.2, -0.15) is 14.3 Å². The van der Waals surface area contributed by atoms with Gasteiger partial charge in [0.25, 0.3) is 0 Å². The normalized spacial score (nSPS) is 20.2. The minimum Gasteiger partial charge on any atom is -0.382 e. The molecule has 3 aliphatic rings. The number of rotatable bonds is 9. The van der Waals surface area contributed by atoms with Crippen LogP contribution in [0.3, 0.4) is 0 Å². The number of anilines is 1. The van der Waals surface area contributed by atoms with Gasteiger partial charge in [-0.1, -0.05) is 32.4 Å². The fourth-order valence-electron chi connectivity index (χ4n) is 6.89. The predicted octanol–water partition coefficient (Wildman–Crippen LogP) is 4.70. The lowest BCUT2D eigenvalue weighted by Gasteiger charge is -2.32. The number of imide groups is 1. The van der Waals surface area contributed by atoms with Crippen molar-refractivity contribution in [1.29, 1.82) is 5.41 Å². The second-order valence-corrected chi connectivity index (χ2v) is 13.4. The van der Waals surface area contributed by atoms with E-state index < -0.39 is 17.7 Å². The molecule has 1 aromatic carbocycles. The lowest BCUT2D eigenvalue weighted by atomic mass is 9.92. The first-order valence-corrected chi connectivity index (χ1v) is 16.8. The zero-order chi connectivity index (χ0) is 33.8. The summed E-state index contributed by atoms with van der Waals surface area (Å²) in [7, 11) is 0. The molecule has 1 atom stereocenters. The van der Waals surface area contributed by atoms with E-state index in [0.717, 1.165) is 68.1 Å². The number of likely N-dealkylation sites (tertiary alicyclic amines) is 1. The van der Waals surface area contributed by atoms with Crippen molar-refractivity contribution in [2.45, 2.75) is 90.6 Å². The van der Waals surface area contributed by atoms with Crippen molar-refractivity contribution in [2.75, 3.05) is 18.4 Å². The summed E-state index contributed by atoms with van der Waals surface area (Å²) >= 11 is 0. The number of H-pyrrole nitrogens is 1. The smallest absolute Gasteiger partial charge is 0.382 e. The van der Waals surface area contributed by atoms with Crippen LogP contribution in [0, 0.1) is 17.2 Å². The third-order valence-electron chi connectivity index (χ3n) is 9.52. The maximum absolute atomic E-state index is 13.6. The fraction of sp³-hybridized carbons (Fsp3) is 0.514. The van der Waals surface area contributed by atoms with E-state index in [1.165, 1.54) is 15.7 Å². The highest BCUT2D eigenvalue weighted by atomic mass is 16.2. The molecule has 0 spiro atoms. The van der Waals surface area contributed by atoms with Gasteiger partial charge >= 0.3 is 11.9 Å². The Hall–Kier alpha value is -4.61. The van der Waals surface area contributed by atoms with Crippen molar-refractivity contribution in [3.63, 3.8) is 0 Å². The van der Waals surface area contributed by atoms with Crippen LogP contribution in [-0.2, 0) is 14.4 Å². The molecule has 2 aromatic rings. The lowest BCUT2D eigenvalue weighted by Crippen LogP contribution is -2.59. The van der Waals surface area contributed by atoms with Crippen molar-refractivity contribution in [1.82, 2.24) is 14.8 Å². The Morgan fingerprint density at radius 1 is 1.04 bits per heavy atom. The van der Waals surface area contributed by atoms with E-state index in [1.54, 1.807) is 12.1 Å². The van der Waals surface area contributed by atoms with E-state index in [9.17, 15) is 19.2 Å². The van der Waals surface area contributed by atoms with Crippen LogP contribution in [-0.4, -0.2) is 86.7 Å². The molecule has 5 amide bonds. The van der Waals surface area contributed by atoms with Crippen molar-refractivity contribution in [2.24, 2.45) is 22.6 Å². The molecule has 12 heteroatoms. The average Bonchev–Trinajstić information content (AvgIpc) is 3.51. The van der Waals surface area contributed by atoms with Gasteiger partial charge in [-0.3, -0.25) is 15.0 Å². The quantitative estimate of drug-likeness (QED) is 0.134. The van der Waals surface area contributed by atoms with E-state index in [2.05, 4.69) is 15.3 Å². The molecule has 1 aromatic heterocycles. The van der Waals surface area contributed by atoms with E-state index >= 15 is 0 Å². The summed E-state index contributed by atoms with van der Waals surface area (Å²) in [6.07, 6.45) is 8.51. The molecule has 0 bridgehead atoms. The van der Waals surface area contributed by atoms with Gasteiger partial charge in [0.05, 0.1) is 18.0 Å². The number of aromatic nitrogens is 1. The molecular weight excluding hydrogens is 596 g/mol. The van der Waals surface area contributed by atoms with Crippen molar-refractivity contribution >= 4 is 47.8 Å².